The fourth-order valence-corrected chi connectivity index (χ4v) is 2.99. The number of amides is 1. The number of carbonyl (C=O) groups is 1. The molecule has 1 saturated heterocycles. The molecule has 0 aromatic carbocycles. The summed E-state index contributed by atoms with van der Waals surface area (Å²) in [6, 6.07) is 0.310. The first-order valence-electron chi connectivity index (χ1n) is 6.71. The van der Waals surface area contributed by atoms with E-state index in [1.807, 2.05) is 37.4 Å². The van der Waals surface area contributed by atoms with E-state index in [0.717, 1.165) is 30.9 Å². The van der Waals surface area contributed by atoms with Crippen LogP contribution < -0.4 is 5.73 Å². The van der Waals surface area contributed by atoms with Gasteiger partial charge >= 0.3 is 6.09 Å². The van der Waals surface area contributed by atoms with Crippen molar-refractivity contribution in [3.8, 4) is 0 Å². The molecule has 0 bridgehead atoms. The zero-order chi connectivity index (χ0) is 13.6. The minimum Gasteiger partial charge on any atom is -0.444 e. The predicted molar refractivity (Wildman–Crippen MR) is 77.0 cm³/mol. The zero-order valence-electron chi connectivity index (χ0n) is 11.8. The lowest BCUT2D eigenvalue weighted by atomic mass is 10.0. The highest BCUT2D eigenvalue weighted by atomic mass is 32.2. The van der Waals surface area contributed by atoms with E-state index in [4.69, 9.17) is 10.5 Å². The summed E-state index contributed by atoms with van der Waals surface area (Å²) in [6.45, 7) is 7.25. The molecule has 1 fully saturated rings. The van der Waals surface area contributed by atoms with Gasteiger partial charge in [0.1, 0.15) is 5.60 Å². The van der Waals surface area contributed by atoms with E-state index in [1.165, 1.54) is 6.42 Å². The lowest BCUT2D eigenvalue weighted by Gasteiger charge is -2.36. The van der Waals surface area contributed by atoms with Crippen LogP contribution in [-0.4, -0.2) is 47.2 Å². The average molecular weight is 274 g/mol. The number of nitrogens with zero attached hydrogens (tertiary/aromatic N) is 1. The molecule has 5 heteroatoms. The average Bonchev–Trinajstić information content (AvgIpc) is 2.27. The molecule has 0 aromatic rings. The number of ether oxygens (including phenoxy) is 1. The molecule has 0 aliphatic carbocycles. The molecule has 4 nitrogen and oxygen atoms in total. The van der Waals surface area contributed by atoms with Crippen LogP contribution in [0.4, 0.5) is 4.79 Å². The van der Waals surface area contributed by atoms with Crippen molar-refractivity contribution in [2.24, 2.45) is 5.73 Å². The Morgan fingerprint density at radius 1 is 1.44 bits per heavy atom. The van der Waals surface area contributed by atoms with Crippen LogP contribution in [0.25, 0.3) is 0 Å². The lowest BCUT2D eigenvalue weighted by Crippen LogP contribution is -2.47. The normalized spacial score (nSPS) is 20.9. The van der Waals surface area contributed by atoms with Crippen LogP contribution in [0.3, 0.4) is 0 Å². The molecule has 106 valence electrons. The third-order valence-electron chi connectivity index (χ3n) is 2.83. The third kappa shape index (κ3) is 5.48. The van der Waals surface area contributed by atoms with Crippen molar-refractivity contribution in [1.82, 2.24) is 4.90 Å². The van der Waals surface area contributed by atoms with Gasteiger partial charge in [-0.15, -0.1) is 0 Å². The number of piperidine rings is 1. The number of likely N-dealkylation sites (tertiary alicyclic amines) is 1. The van der Waals surface area contributed by atoms with Gasteiger partial charge in [0.15, 0.2) is 0 Å². The Labute approximate surface area is 115 Å². The molecule has 1 heterocycles. The summed E-state index contributed by atoms with van der Waals surface area (Å²) < 4.78 is 5.47. The molecular formula is C13H26N2O2S. The summed E-state index contributed by atoms with van der Waals surface area (Å²) >= 11 is 1.82. The van der Waals surface area contributed by atoms with Crippen LogP contribution in [-0.2, 0) is 4.74 Å². The first kappa shape index (κ1) is 15.6. The fraction of sp³-hybridized carbons (Fsp3) is 0.923. The van der Waals surface area contributed by atoms with Crippen LogP contribution in [0.15, 0.2) is 0 Å². The van der Waals surface area contributed by atoms with Crippen LogP contribution in [0.1, 0.15) is 40.0 Å². The van der Waals surface area contributed by atoms with Gasteiger partial charge in [0.2, 0.25) is 0 Å². The van der Waals surface area contributed by atoms with Crippen LogP contribution in [0.2, 0.25) is 0 Å². The number of hydrogen-bond donors (Lipinski definition) is 1. The number of nitrogens with two attached hydrogens (primary N) is 1. The quantitative estimate of drug-likeness (QED) is 0.800. The zero-order valence-corrected chi connectivity index (χ0v) is 12.6. The Kier molecular flexibility index (Phi) is 6.29. The molecule has 0 aromatic heterocycles. The van der Waals surface area contributed by atoms with Crippen LogP contribution in [0, 0.1) is 0 Å². The van der Waals surface area contributed by atoms with Crippen LogP contribution in [0.5, 0.6) is 0 Å². The van der Waals surface area contributed by atoms with E-state index in [0.29, 0.717) is 12.6 Å². The summed E-state index contributed by atoms with van der Waals surface area (Å²) in [5.74, 6) is 1.93. The van der Waals surface area contributed by atoms with Crippen molar-refractivity contribution in [3.63, 3.8) is 0 Å². The highest BCUT2D eigenvalue weighted by Gasteiger charge is 2.30. The Morgan fingerprint density at radius 2 is 2.17 bits per heavy atom. The summed E-state index contributed by atoms with van der Waals surface area (Å²) in [7, 11) is 0. The summed E-state index contributed by atoms with van der Waals surface area (Å²) in [5, 5.41) is 0. The van der Waals surface area contributed by atoms with Gasteiger partial charge in [-0.05, 0) is 40.0 Å². The molecule has 1 atom stereocenters. The second kappa shape index (κ2) is 7.24. The predicted octanol–water partition coefficient (Wildman–Crippen LogP) is 2.47. The molecule has 2 N–H and O–H groups in total. The number of thioether (sulfide) groups is 1. The lowest BCUT2D eigenvalue weighted by molar-refractivity contribution is 0.0126. The van der Waals surface area contributed by atoms with Gasteiger partial charge in [-0.25, -0.2) is 4.79 Å². The minimum absolute atomic E-state index is 0.166. The highest BCUT2D eigenvalue weighted by Crippen LogP contribution is 2.23. The monoisotopic (exact) mass is 274 g/mol. The minimum atomic E-state index is -0.413. The molecule has 0 spiro atoms. The van der Waals surface area contributed by atoms with Crippen LogP contribution >= 0.6 is 11.8 Å². The van der Waals surface area contributed by atoms with Gasteiger partial charge in [0.05, 0.1) is 0 Å². The van der Waals surface area contributed by atoms with Crippen molar-refractivity contribution in [2.75, 3.05) is 24.6 Å². The molecule has 0 saturated carbocycles. The maximum absolute atomic E-state index is 12.1. The Balaban J connectivity index is 2.50. The van der Waals surface area contributed by atoms with Crippen molar-refractivity contribution in [1.29, 1.82) is 0 Å². The fourth-order valence-electron chi connectivity index (χ4n) is 2.04. The molecule has 1 amide bonds. The van der Waals surface area contributed by atoms with Gasteiger partial charge in [0.25, 0.3) is 0 Å². The molecule has 1 rings (SSSR count). The van der Waals surface area contributed by atoms with E-state index >= 15 is 0 Å². The maximum Gasteiger partial charge on any atom is 0.410 e. The molecule has 0 radical (unpaired) electrons. The molecule has 0 unspecified atom stereocenters. The van der Waals surface area contributed by atoms with E-state index in [2.05, 4.69) is 0 Å². The second-order valence-electron chi connectivity index (χ2n) is 5.69. The van der Waals surface area contributed by atoms with E-state index in [1.54, 1.807) is 0 Å². The van der Waals surface area contributed by atoms with Gasteiger partial charge < -0.3 is 15.4 Å². The molecule has 1 aliphatic heterocycles. The number of hydrogen-bond acceptors (Lipinski definition) is 4. The van der Waals surface area contributed by atoms with Gasteiger partial charge in [-0.2, -0.15) is 11.8 Å². The smallest absolute Gasteiger partial charge is 0.410 e. The second-order valence-corrected chi connectivity index (χ2v) is 6.84. The summed E-state index contributed by atoms with van der Waals surface area (Å²) in [6.07, 6.45) is 3.20. The van der Waals surface area contributed by atoms with Gasteiger partial charge in [-0.1, -0.05) is 0 Å². The van der Waals surface area contributed by atoms with Crippen molar-refractivity contribution in [3.05, 3.63) is 0 Å². The first-order valence-corrected chi connectivity index (χ1v) is 7.87. The van der Waals surface area contributed by atoms with E-state index in [-0.39, 0.29) is 6.09 Å². The summed E-state index contributed by atoms with van der Waals surface area (Å²) in [5.41, 5.74) is 5.08. The third-order valence-corrected chi connectivity index (χ3v) is 3.97. The number of rotatable bonds is 4. The number of carbonyl (C=O) groups excluding carboxylic acids is 1. The standard InChI is InChI=1S/C13H26N2O2S/c1-13(2,3)17-12(16)15-8-5-4-6-11(15)10-18-9-7-14/h11H,4-10,14H2,1-3H3/t11-/m0/s1. The molecule has 18 heavy (non-hydrogen) atoms. The molecular weight excluding hydrogens is 248 g/mol. The SMILES string of the molecule is CC(C)(C)OC(=O)N1CCCC[C@H]1CSCCN. The Bertz CT molecular complexity index is 266. The van der Waals surface area contributed by atoms with Gasteiger partial charge in [0, 0.05) is 30.6 Å². The van der Waals surface area contributed by atoms with Crippen molar-refractivity contribution >= 4 is 17.9 Å². The maximum atomic E-state index is 12.1. The largest absolute Gasteiger partial charge is 0.444 e. The van der Waals surface area contributed by atoms with E-state index in [9.17, 15) is 4.79 Å². The topological polar surface area (TPSA) is 55.6 Å². The Hall–Kier alpha value is -0.420. The summed E-state index contributed by atoms with van der Waals surface area (Å²) in [4.78, 5) is 14.0. The Morgan fingerprint density at radius 3 is 2.78 bits per heavy atom. The van der Waals surface area contributed by atoms with Crippen molar-refractivity contribution < 1.29 is 9.53 Å². The van der Waals surface area contributed by atoms with Crippen molar-refractivity contribution in [2.45, 2.75) is 51.7 Å². The highest BCUT2D eigenvalue weighted by molar-refractivity contribution is 7.99. The molecule has 1 aliphatic rings. The van der Waals surface area contributed by atoms with Gasteiger partial charge in [-0.3, -0.25) is 0 Å². The van der Waals surface area contributed by atoms with E-state index < -0.39 is 5.60 Å². The first-order chi connectivity index (χ1) is 8.44.